The molecule has 0 aliphatic carbocycles. The van der Waals surface area contributed by atoms with Crippen molar-refractivity contribution in [1.82, 2.24) is 15.0 Å². The predicted octanol–water partition coefficient (Wildman–Crippen LogP) is 2.25. The molecule has 0 unspecified atom stereocenters. The highest BCUT2D eigenvalue weighted by Crippen LogP contribution is 2.18. The fraction of sp³-hybridized carbons (Fsp3) is 0.467. The highest BCUT2D eigenvalue weighted by Gasteiger charge is 2.17. The van der Waals surface area contributed by atoms with Gasteiger partial charge in [-0.2, -0.15) is 4.98 Å². The Morgan fingerprint density at radius 3 is 2.50 bits per heavy atom. The molecule has 1 heterocycles. The van der Waals surface area contributed by atoms with Gasteiger partial charge in [0.15, 0.2) is 5.82 Å². The molecule has 0 spiro atoms. The average molecular weight is 275 g/mol. The van der Waals surface area contributed by atoms with Crippen LogP contribution in [0, 0.1) is 6.92 Å². The number of likely N-dealkylation sites (N-methyl/N-ethyl adjacent to an activating group) is 1. The molecule has 5 heteroatoms. The van der Waals surface area contributed by atoms with Gasteiger partial charge in [0, 0.05) is 12.1 Å². The van der Waals surface area contributed by atoms with Gasteiger partial charge in [-0.05, 0) is 40.0 Å². The van der Waals surface area contributed by atoms with Gasteiger partial charge in [-0.3, -0.25) is 4.90 Å². The summed E-state index contributed by atoms with van der Waals surface area (Å²) in [6, 6.07) is 7.96. The van der Waals surface area contributed by atoms with E-state index in [1.165, 1.54) is 5.56 Å². The molecular formula is C15H21N3O2. The molecule has 0 saturated carbocycles. The van der Waals surface area contributed by atoms with Gasteiger partial charge in [0.05, 0.1) is 12.1 Å². The third kappa shape index (κ3) is 4.15. The Hall–Kier alpha value is -1.72. The molecule has 0 aliphatic rings. The van der Waals surface area contributed by atoms with Crippen LogP contribution in [0.25, 0.3) is 11.5 Å². The lowest BCUT2D eigenvalue weighted by atomic mass is 10.1. The van der Waals surface area contributed by atoms with E-state index in [2.05, 4.69) is 10.1 Å². The summed E-state index contributed by atoms with van der Waals surface area (Å²) in [7, 11) is 1.92. The van der Waals surface area contributed by atoms with E-state index in [1.54, 1.807) is 13.8 Å². The van der Waals surface area contributed by atoms with Gasteiger partial charge in [0.2, 0.25) is 0 Å². The quantitative estimate of drug-likeness (QED) is 0.906. The maximum absolute atomic E-state index is 9.77. The van der Waals surface area contributed by atoms with Crippen molar-refractivity contribution >= 4 is 0 Å². The number of hydrogen-bond donors (Lipinski definition) is 1. The van der Waals surface area contributed by atoms with Crippen LogP contribution in [0.4, 0.5) is 0 Å². The Bertz CT molecular complexity index is 555. The van der Waals surface area contributed by atoms with Gasteiger partial charge in [-0.25, -0.2) is 0 Å². The molecule has 20 heavy (non-hydrogen) atoms. The maximum atomic E-state index is 9.77. The van der Waals surface area contributed by atoms with Crippen molar-refractivity contribution in [1.29, 1.82) is 0 Å². The fourth-order valence-electron chi connectivity index (χ4n) is 2.09. The van der Waals surface area contributed by atoms with Crippen LogP contribution >= 0.6 is 0 Å². The molecule has 108 valence electrons. The Kier molecular flexibility index (Phi) is 4.20. The standard InChI is InChI=1S/C15H21N3O2/c1-11-5-7-12(8-6-11)14-16-13(17-20-14)9-18(4)10-15(2,3)19/h5-8,19H,9-10H2,1-4H3. The van der Waals surface area contributed by atoms with Crippen LogP contribution in [-0.2, 0) is 6.54 Å². The van der Waals surface area contributed by atoms with Crippen LogP contribution in [0.15, 0.2) is 28.8 Å². The summed E-state index contributed by atoms with van der Waals surface area (Å²) in [5.74, 6) is 1.14. The van der Waals surface area contributed by atoms with Crippen molar-refractivity contribution in [2.45, 2.75) is 32.9 Å². The predicted molar refractivity (Wildman–Crippen MR) is 77.1 cm³/mol. The SMILES string of the molecule is Cc1ccc(-c2nc(CN(C)CC(C)(C)O)no2)cc1. The second-order valence-electron chi connectivity index (χ2n) is 5.87. The second kappa shape index (κ2) is 5.73. The number of aliphatic hydroxyl groups is 1. The van der Waals surface area contributed by atoms with Crippen LogP contribution in [0.3, 0.4) is 0 Å². The van der Waals surface area contributed by atoms with E-state index in [-0.39, 0.29) is 0 Å². The van der Waals surface area contributed by atoms with Crippen molar-refractivity contribution in [2.24, 2.45) is 0 Å². The largest absolute Gasteiger partial charge is 0.389 e. The van der Waals surface area contributed by atoms with E-state index < -0.39 is 5.60 Å². The first-order chi connectivity index (χ1) is 9.33. The lowest BCUT2D eigenvalue weighted by Crippen LogP contribution is -2.36. The first kappa shape index (κ1) is 14.7. The molecule has 1 N–H and O–H groups in total. The van der Waals surface area contributed by atoms with Crippen molar-refractivity contribution in [3.63, 3.8) is 0 Å². The summed E-state index contributed by atoms with van der Waals surface area (Å²) < 4.78 is 5.27. The first-order valence-electron chi connectivity index (χ1n) is 6.64. The third-order valence-electron chi connectivity index (χ3n) is 2.83. The molecular weight excluding hydrogens is 254 g/mol. The van der Waals surface area contributed by atoms with Crippen LogP contribution in [0.2, 0.25) is 0 Å². The minimum Gasteiger partial charge on any atom is -0.389 e. The van der Waals surface area contributed by atoms with Crippen LogP contribution < -0.4 is 0 Å². The number of rotatable bonds is 5. The van der Waals surface area contributed by atoms with Gasteiger partial charge < -0.3 is 9.63 Å². The molecule has 1 aromatic heterocycles. The summed E-state index contributed by atoms with van der Waals surface area (Å²) in [4.78, 5) is 6.34. The molecule has 5 nitrogen and oxygen atoms in total. The van der Waals surface area contributed by atoms with Crippen LogP contribution in [0.1, 0.15) is 25.2 Å². The molecule has 0 saturated heterocycles. The summed E-state index contributed by atoms with van der Waals surface area (Å²) in [6.07, 6.45) is 0. The summed E-state index contributed by atoms with van der Waals surface area (Å²) in [5, 5.41) is 13.7. The molecule has 0 atom stereocenters. The summed E-state index contributed by atoms with van der Waals surface area (Å²) >= 11 is 0. The number of hydrogen-bond acceptors (Lipinski definition) is 5. The molecule has 0 aliphatic heterocycles. The van der Waals surface area contributed by atoms with Gasteiger partial charge >= 0.3 is 0 Å². The van der Waals surface area contributed by atoms with Gasteiger partial charge in [-0.15, -0.1) is 0 Å². The van der Waals surface area contributed by atoms with Gasteiger partial charge in [0.1, 0.15) is 0 Å². The van der Waals surface area contributed by atoms with E-state index in [0.29, 0.717) is 24.8 Å². The lowest BCUT2D eigenvalue weighted by molar-refractivity contribution is 0.0416. The zero-order valence-corrected chi connectivity index (χ0v) is 12.4. The minimum atomic E-state index is -0.738. The van der Waals surface area contributed by atoms with Crippen LogP contribution in [-0.4, -0.2) is 39.3 Å². The number of aryl methyl sites for hydroxylation is 1. The van der Waals surface area contributed by atoms with Crippen molar-refractivity contribution in [3.8, 4) is 11.5 Å². The zero-order valence-electron chi connectivity index (χ0n) is 12.4. The molecule has 2 aromatic rings. The van der Waals surface area contributed by atoms with E-state index in [9.17, 15) is 5.11 Å². The molecule has 1 aromatic carbocycles. The summed E-state index contributed by atoms with van der Waals surface area (Å²) in [6.45, 7) is 6.67. The smallest absolute Gasteiger partial charge is 0.257 e. The Morgan fingerprint density at radius 1 is 1.25 bits per heavy atom. The van der Waals surface area contributed by atoms with Gasteiger partial charge in [-0.1, -0.05) is 22.9 Å². The first-order valence-corrected chi connectivity index (χ1v) is 6.64. The normalized spacial score (nSPS) is 12.1. The Balaban J connectivity index is 2.04. The maximum Gasteiger partial charge on any atom is 0.257 e. The Morgan fingerprint density at radius 2 is 1.90 bits per heavy atom. The van der Waals surface area contributed by atoms with E-state index in [0.717, 1.165) is 5.56 Å². The van der Waals surface area contributed by atoms with Crippen LogP contribution in [0.5, 0.6) is 0 Å². The van der Waals surface area contributed by atoms with E-state index in [1.807, 2.05) is 43.1 Å². The van der Waals surface area contributed by atoms with Crippen molar-refractivity contribution in [3.05, 3.63) is 35.7 Å². The number of aromatic nitrogens is 2. The molecule has 0 amide bonds. The topological polar surface area (TPSA) is 62.4 Å². The van der Waals surface area contributed by atoms with Gasteiger partial charge in [0.25, 0.3) is 5.89 Å². The number of benzene rings is 1. The van der Waals surface area contributed by atoms with E-state index >= 15 is 0 Å². The van der Waals surface area contributed by atoms with E-state index in [4.69, 9.17) is 4.52 Å². The second-order valence-corrected chi connectivity index (χ2v) is 5.87. The Labute approximate surface area is 119 Å². The fourth-order valence-corrected chi connectivity index (χ4v) is 2.09. The zero-order chi connectivity index (χ0) is 14.8. The average Bonchev–Trinajstić information content (AvgIpc) is 2.75. The molecule has 0 fully saturated rings. The highest BCUT2D eigenvalue weighted by molar-refractivity contribution is 5.53. The van der Waals surface area contributed by atoms with Crippen molar-refractivity contribution in [2.75, 3.05) is 13.6 Å². The highest BCUT2D eigenvalue weighted by atomic mass is 16.5. The molecule has 0 radical (unpaired) electrons. The summed E-state index contributed by atoms with van der Waals surface area (Å²) in [5.41, 5.74) is 1.37. The monoisotopic (exact) mass is 275 g/mol. The molecule has 2 rings (SSSR count). The van der Waals surface area contributed by atoms with Crippen molar-refractivity contribution < 1.29 is 9.63 Å². The third-order valence-corrected chi connectivity index (χ3v) is 2.83. The number of nitrogens with zero attached hydrogens (tertiary/aromatic N) is 3. The lowest BCUT2D eigenvalue weighted by Gasteiger charge is -2.24. The molecule has 0 bridgehead atoms. The minimum absolute atomic E-state index is 0.525.